The lowest BCUT2D eigenvalue weighted by atomic mass is 9.99. The topological polar surface area (TPSA) is 99.4 Å². The van der Waals surface area contributed by atoms with E-state index in [-0.39, 0.29) is 0 Å². The standard InChI is InChI=1S/C12H20O6/c1-2-3-4-5-6-17-12-11(16)10(15)9(14)8(7-13)18-12/h1,8-16H,3-7H2/t8-,9-,10+,11-,12-/m1/s1. The van der Waals surface area contributed by atoms with Gasteiger partial charge in [-0.2, -0.15) is 0 Å². The summed E-state index contributed by atoms with van der Waals surface area (Å²) >= 11 is 0. The Morgan fingerprint density at radius 1 is 1.11 bits per heavy atom. The van der Waals surface area contributed by atoms with Gasteiger partial charge in [0.1, 0.15) is 24.4 Å². The molecule has 0 radical (unpaired) electrons. The molecule has 18 heavy (non-hydrogen) atoms. The van der Waals surface area contributed by atoms with Crippen molar-refractivity contribution in [2.45, 2.75) is 50.0 Å². The number of rotatable bonds is 6. The molecule has 0 aromatic rings. The number of aliphatic hydroxyl groups excluding tert-OH is 4. The Balaban J connectivity index is 2.37. The van der Waals surface area contributed by atoms with Gasteiger partial charge in [-0.3, -0.25) is 0 Å². The maximum atomic E-state index is 9.65. The predicted molar refractivity (Wildman–Crippen MR) is 62.4 cm³/mol. The normalized spacial score (nSPS) is 36.3. The zero-order valence-corrected chi connectivity index (χ0v) is 10.1. The van der Waals surface area contributed by atoms with Crippen LogP contribution in [-0.2, 0) is 9.47 Å². The summed E-state index contributed by atoms with van der Waals surface area (Å²) in [4.78, 5) is 0. The molecule has 0 unspecified atom stereocenters. The molecular weight excluding hydrogens is 240 g/mol. The Kier molecular flexibility index (Phi) is 6.57. The molecular formula is C12H20O6. The van der Waals surface area contributed by atoms with E-state index >= 15 is 0 Å². The molecule has 0 amide bonds. The fourth-order valence-corrected chi connectivity index (χ4v) is 1.73. The molecule has 0 bridgehead atoms. The smallest absolute Gasteiger partial charge is 0.186 e. The maximum Gasteiger partial charge on any atom is 0.186 e. The van der Waals surface area contributed by atoms with Crippen LogP contribution in [0.15, 0.2) is 0 Å². The lowest BCUT2D eigenvalue weighted by Gasteiger charge is -2.39. The van der Waals surface area contributed by atoms with Crippen molar-refractivity contribution in [1.29, 1.82) is 0 Å². The average molecular weight is 260 g/mol. The first-order valence-corrected chi connectivity index (χ1v) is 5.97. The maximum absolute atomic E-state index is 9.65. The first-order chi connectivity index (χ1) is 8.61. The van der Waals surface area contributed by atoms with Gasteiger partial charge < -0.3 is 29.9 Å². The van der Waals surface area contributed by atoms with Gasteiger partial charge in [-0.15, -0.1) is 12.3 Å². The van der Waals surface area contributed by atoms with Crippen LogP contribution in [-0.4, -0.2) is 64.3 Å². The molecule has 1 aliphatic rings. The van der Waals surface area contributed by atoms with Gasteiger partial charge in [-0.25, -0.2) is 0 Å². The molecule has 6 heteroatoms. The number of hydrogen-bond donors (Lipinski definition) is 4. The van der Waals surface area contributed by atoms with E-state index in [0.717, 1.165) is 6.42 Å². The van der Waals surface area contributed by atoms with Crippen LogP contribution in [0.1, 0.15) is 19.3 Å². The first kappa shape index (κ1) is 15.4. The van der Waals surface area contributed by atoms with Gasteiger partial charge in [0, 0.05) is 13.0 Å². The molecule has 1 aliphatic heterocycles. The van der Waals surface area contributed by atoms with Crippen LogP contribution in [0.25, 0.3) is 0 Å². The molecule has 0 aromatic carbocycles. The highest BCUT2D eigenvalue weighted by Crippen LogP contribution is 2.22. The van der Waals surface area contributed by atoms with Crippen LogP contribution in [0.3, 0.4) is 0 Å². The van der Waals surface area contributed by atoms with E-state index in [2.05, 4.69) is 5.92 Å². The second-order valence-corrected chi connectivity index (χ2v) is 4.23. The Morgan fingerprint density at radius 3 is 2.44 bits per heavy atom. The molecule has 1 saturated heterocycles. The van der Waals surface area contributed by atoms with Crippen molar-refractivity contribution in [3.8, 4) is 12.3 Å². The number of terminal acetylenes is 1. The molecule has 4 N–H and O–H groups in total. The summed E-state index contributed by atoms with van der Waals surface area (Å²) in [6.45, 7) is -0.133. The predicted octanol–water partition coefficient (Wildman–Crippen LogP) is -1.39. The number of unbranched alkanes of at least 4 members (excludes halogenated alkanes) is 2. The first-order valence-electron chi connectivity index (χ1n) is 5.97. The van der Waals surface area contributed by atoms with Crippen molar-refractivity contribution in [3.05, 3.63) is 0 Å². The molecule has 5 atom stereocenters. The lowest BCUT2D eigenvalue weighted by Crippen LogP contribution is -2.59. The zero-order valence-electron chi connectivity index (χ0n) is 10.1. The molecule has 6 nitrogen and oxygen atoms in total. The van der Waals surface area contributed by atoms with Gasteiger partial charge in [-0.05, 0) is 12.8 Å². The van der Waals surface area contributed by atoms with Crippen molar-refractivity contribution in [2.24, 2.45) is 0 Å². The summed E-state index contributed by atoms with van der Waals surface area (Å²) in [6.07, 6.45) is 1.19. The SMILES string of the molecule is C#CCCCCO[C@@H]1O[C@H](CO)[C@@H](O)[C@H](O)[C@H]1O. The zero-order chi connectivity index (χ0) is 13.5. The summed E-state index contributed by atoms with van der Waals surface area (Å²) < 4.78 is 10.4. The van der Waals surface area contributed by atoms with Gasteiger partial charge in [0.25, 0.3) is 0 Å². The minimum absolute atomic E-state index is 0.324. The summed E-state index contributed by atoms with van der Waals surface area (Å²) in [5, 5.41) is 37.7. The van der Waals surface area contributed by atoms with E-state index in [1.165, 1.54) is 0 Å². The van der Waals surface area contributed by atoms with Gasteiger partial charge in [-0.1, -0.05) is 0 Å². The highest BCUT2D eigenvalue weighted by molar-refractivity contribution is 4.88. The third-order valence-electron chi connectivity index (χ3n) is 2.85. The monoisotopic (exact) mass is 260 g/mol. The average Bonchev–Trinajstić information content (AvgIpc) is 2.38. The Labute approximate surface area is 106 Å². The Morgan fingerprint density at radius 2 is 1.83 bits per heavy atom. The van der Waals surface area contributed by atoms with Crippen LogP contribution >= 0.6 is 0 Å². The molecule has 1 fully saturated rings. The Hall–Kier alpha value is -0.680. The minimum atomic E-state index is -1.40. The van der Waals surface area contributed by atoms with Gasteiger partial charge in [0.05, 0.1) is 6.61 Å². The van der Waals surface area contributed by atoms with Crippen LogP contribution in [0.4, 0.5) is 0 Å². The molecule has 0 saturated carbocycles. The third-order valence-corrected chi connectivity index (χ3v) is 2.85. The molecule has 0 aromatic heterocycles. The van der Waals surface area contributed by atoms with Crippen LogP contribution in [0.2, 0.25) is 0 Å². The second-order valence-electron chi connectivity index (χ2n) is 4.23. The van der Waals surface area contributed by atoms with E-state index in [9.17, 15) is 15.3 Å². The van der Waals surface area contributed by atoms with Crippen molar-refractivity contribution in [2.75, 3.05) is 13.2 Å². The van der Waals surface area contributed by atoms with Crippen LogP contribution in [0, 0.1) is 12.3 Å². The lowest BCUT2D eigenvalue weighted by molar-refractivity contribution is -0.301. The minimum Gasteiger partial charge on any atom is -0.394 e. The molecule has 104 valence electrons. The fraction of sp³-hybridized carbons (Fsp3) is 0.833. The number of aliphatic hydroxyl groups is 4. The van der Waals surface area contributed by atoms with Crippen molar-refractivity contribution in [1.82, 2.24) is 0 Å². The summed E-state index contributed by atoms with van der Waals surface area (Å²) in [5.41, 5.74) is 0. The molecule has 1 heterocycles. The van der Waals surface area contributed by atoms with E-state index < -0.39 is 37.3 Å². The summed E-state index contributed by atoms with van der Waals surface area (Å²) in [7, 11) is 0. The van der Waals surface area contributed by atoms with Gasteiger partial charge in [0.15, 0.2) is 6.29 Å². The molecule has 0 spiro atoms. The van der Waals surface area contributed by atoms with E-state index in [4.69, 9.17) is 21.0 Å². The fourth-order valence-electron chi connectivity index (χ4n) is 1.73. The largest absolute Gasteiger partial charge is 0.394 e. The van der Waals surface area contributed by atoms with E-state index in [1.807, 2.05) is 0 Å². The van der Waals surface area contributed by atoms with Crippen molar-refractivity contribution in [3.63, 3.8) is 0 Å². The Bertz CT molecular complexity index is 274. The summed E-state index contributed by atoms with van der Waals surface area (Å²) in [5.74, 6) is 2.50. The van der Waals surface area contributed by atoms with Gasteiger partial charge in [0.2, 0.25) is 0 Å². The highest BCUT2D eigenvalue weighted by Gasteiger charge is 2.43. The number of ether oxygens (including phenoxy) is 2. The summed E-state index contributed by atoms with van der Waals surface area (Å²) in [6, 6.07) is 0. The van der Waals surface area contributed by atoms with Gasteiger partial charge >= 0.3 is 0 Å². The third kappa shape index (κ3) is 3.92. The van der Waals surface area contributed by atoms with Crippen molar-refractivity contribution < 1.29 is 29.9 Å². The number of hydrogen-bond acceptors (Lipinski definition) is 6. The molecule has 1 rings (SSSR count). The second kappa shape index (κ2) is 7.69. The quantitative estimate of drug-likeness (QED) is 0.346. The van der Waals surface area contributed by atoms with E-state index in [1.54, 1.807) is 0 Å². The van der Waals surface area contributed by atoms with Crippen molar-refractivity contribution >= 4 is 0 Å². The molecule has 0 aliphatic carbocycles. The van der Waals surface area contributed by atoms with Crippen LogP contribution in [0.5, 0.6) is 0 Å². The van der Waals surface area contributed by atoms with E-state index in [0.29, 0.717) is 19.4 Å². The van der Waals surface area contributed by atoms with Crippen LogP contribution < -0.4 is 0 Å². The highest BCUT2D eigenvalue weighted by atomic mass is 16.7.